The monoisotopic (exact) mass is 856 g/mol. The second kappa shape index (κ2) is 15.9. The molecule has 0 aliphatic heterocycles. The fourth-order valence-electron chi connectivity index (χ4n) is 4.06. The van der Waals surface area contributed by atoms with Gasteiger partial charge in [-0.15, -0.1) is 20.5 Å². The van der Waals surface area contributed by atoms with E-state index in [1.54, 1.807) is 0 Å². The van der Waals surface area contributed by atoms with E-state index in [2.05, 4.69) is 41.4 Å². The topological polar surface area (TPSA) is 367 Å². The standard InChI is InChI=1S/C28H24N8O14S5/c1-2-51(37,38)28-21(29)9-11-23(27(28)30)34-33-22-10-5-18(32-31-17-3-6-19(7-4-17)52(39,40)14-13-50-55(47,48)49)15-24(22)35-36-25-16-20(53(41,42)43)8-12-26(25)54(44,45)46/h2-16H,1,29-30H2,(H,41,42,43)(H,44,45,46)(H,47,48,49). The van der Waals surface area contributed by atoms with E-state index in [1.807, 2.05) is 0 Å². The molecule has 0 radical (unpaired) electrons. The summed E-state index contributed by atoms with van der Waals surface area (Å²) in [5, 5.41) is 24.6. The summed E-state index contributed by atoms with van der Waals surface area (Å²) >= 11 is 0. The first-order valence-corrected chi connectivity index (χ1v) is 21.5. The first kappa shape index (κ1) is 41.9. The maximum absolute atomic E-state index is 12.5. The fourth-order valence-corrected chi connectivity index (χ4v) is 7.28. The molecule has 22 nitrogen and oxygen atoms in total. The van der Waals surface area contributed by atoms with E-state index in [-0.39, 0.29) is 45.3 Å². The summed E-state index contributed by atoms with van der Waals surface area (Å²) in [6, 6.07) is 12.7. The molecule has 0 heterocycles. The van der Waals surface area contributed by atoms with Gasteiger partial charge in [0.25, 0.3) is 20.2 Å². The SMILES string of the molecule is C=CS(=O)(=O)c1c(N)ccc(N=Nc2ccc(N=Nc3ccc(S(=O)(=O)C=COS(=O)(=O)O)cc3)cc2N=Nc2cc(S(=O)(=O)O)ccc2S(=O)(=O)O)c1N. The van der Waals surface area contributed by atoms with Crippen LogP contribution in [-0.4, -0.2) is 55.7 Å². The molecule has 0 saturated carbocycles. The smallest absolute Gasteiger partial charge is 0.398 e. The molecule has 0 aromatic heterocycles. The van der Waals surface area contributed by atoms with Crippen LogP contribution in [0.2, 0.25) is 0 Å². The van der Waals surface area contributed by atoms with Crippen LogP contribution < -0.4 is 11.5 Å². The van der Waals surface area contributed by atoms with Crippen LogP contribution in [0.4, 0.5) is 45.5 Å². The van der Waals surface area contributed by atoms with Crippen molar-refractivity contribution in [3.63, 3.8) is 0 Å². The van der Waals surface area contributed by atoms with Crippen molar-refractivity contribution in [3.05, 3.63) is 96.5 Å². The molecule has 0 bridgehead atoms. The third-order valence-electron chi connectivity index (χ3n) is 6.56. The number of hydrogen-bond donors (Lipinski definition) is 5. The van der Waals surface area contributed by atoms with E-state index >= 15 is 0 Å². The first-order valence-electron chi connectivity index (χ1n) is 14.1. The lowest BCUT2D eigenvalue weighted by Gasteiger charge is -2.09. The van der Waals surface area contributed by atoms with Crippen molar-refractivity contribution in [1.82, 2.24) is 0 Å². The molecule has 0 unspecified atom stereocenters. The zero-order chi connectivity index (χ0) is 41.0. The van der Waals surface area contributed by atoms with Crippen LogP contribution in [0.25, 0.3) is 0 Å². The Morgan fingerprint density at radius 2 is 1.11 bits per heavy atom. The first-order chi connectivity index (χ1) is 25.4. The molecule has 4 aromatic rings. The Morgan fingerprint density at radius 1 is 0.564 bits per heavy atom. The predicted octanol–water partition coefficient (Wildman–Crippen LogP) is 5.57. The van der Waals surface area contributed by atoms with Crippen molar-refractivity contribution in [2.24, 2.45) is 30.7 Å². The molecule has 4 rings (SSSR count). The summed E-state index contributed by atoms with van der Waals surface area (Å²) in [5.74, 6) is 0. The van der Waals surface area contributed by atoms with E-state index in [9.17, 15) is 51.2 Å². The number of hydrogen-bond acceptors (Lipinski definition) is 19. The average molecular weight is 857 g/mol. The minimum atomic E-state index is -5.02. The highest BCUT2D eigenvalue weighted by atomic mass is 32.3. The maximum atomic E-state index is 12.5. The predicted molar refractivity (Wildman–Crippen MR) is 193 cm³/mol. The van der Waals surface area contributed by atoms with Crippen LogP contribution in [0.15, 0.2) is 147 Å². The summed E-state index contributed by atoms with van der Waals surface area (Å²) in [6.45, 7) is 3.24. The largest absolute Gasteiger partial charge is 0.445 e. The van der Waals surface area contributed by atoms with Gasteiger partial charge in [0.15, 0.2) is 0 Å². The lowest BCUT2D eigenvalue weighted by atomic mass is 10.2. The lowest BCUT2D eigenvalue weighted by molar-refractivity contribution is 0.356. The summed E-state index contributed by atoms with van der Waals surface area (Å²) in [5.41, 5.74) is 9.97. The van der Waals surface area contributed by atoms with Crippen molar-refractivity contribution in [2.45, 2.75) is 19.6 Å². The minimum absolute atomic E-state index is 0.00273. The van der Waals surface area contributed by atoms with Crippen LogP contribution in [0.3, 0.4) is 0 Å². The summed E-state index contributed by atoms with van der Waals surface area (Å²) in [4.78, 5) is -2.52. The van der Waals surface area contributed by atoms with E-state index in [0.717, 1.165) is 12.1 Å². The maximum Gasteiger partial charge on any atom is 0.445 e. The van der Waals surface area contributed by atoms with Crippen LogP contribution >= 0.6 is 0 Å². The van der Waals surface area contributed by atoms with Gasteiger partial charge in [0, 0.05) is 5.41 Å². The molecular weight excluding hydrogens is 833 g/mol. The Morgan fingerprint density at radius 3 is 1.71 bits per heavy atom. The number of sulfone groups is 2. The molecule has 0 spiro atoms. The van der Waals surface area contributed by atoms with Crippen molar-refractivity contribution in [3.8, 4) is 0 Å². The summed E-state index contributed by atoms with van der Waals surface area (Å²) in [6.07, 6.45) is 0.250. The third kappa shape index (κ3) is 10.9. The van der Waals surface area contributed by atoms with Crippen molar-refractivity contribution >= 4 is 95.8 Å². The Bertz CT molecular complexity index is 2880. The normalized spacial score (nSPS) is 13.3. The van der Waals surface area contributed by atoms with E-state index < -0.39 is 76.4 Å². The van der Waals surface area contributed by atoms with Crippen molar-refractivity contribution in [2.75, 3.05) is 11.5 Å². The zero-order valence-corrected chi connectivity index (χ0v) is 31.2. The Hall–Kier alpha value is -5.81. The highest BCUT2D eigenvalue weighted by Gasteiger charge is 2.22. The molecule has 0 saturated heterocycles. The molecule has 0 atom stereocenters. The van der Waals surface area contributed by atoms with Gasteiger partial charge >= 0.3 is 10.4 Å². The van der Waals surface area contributed by atoms with Gasteiger partial charge in [0.1, 0.15) is 38.8 Å². The van der Waals surface area contributed by atoms with E-state index in [0.29, 0.717) is 29.0 Å². The molecule has 55 heavy (non-hydrogen) atoms. The van der Waals surface area contributed by atoms with E-state index in [1.165, 1.54) is 42.5 Å². The van der Waals surface area contributed by atoms with E-state index in [4.69, 9.17) is 16.0 Å². The van der Waals surface area contributed by atoms with Crippen LogP contribution in [0.5, 0.6) is 0 Å². The van der Waals surface area contributed by atoms with Gasteiger partial charge in [-0.05, 0) is 72.8 Å². The lowest BCUT2D eigenvalue weighted by Crippen LogP contribution is -2.05. The molecule has 290 valence electrons. The average Bonchev–Trinajstić information content (AvgIpc) is 3.08. The molecule has 7 N–H and O–H groups in total. The van der Waals surface area contributed by atoms with Gasteiger partial charge in [-0.2, -0.15) is 35.5 Å². The van der Waals surface area contributed by atoms with Crippen LogP contribution in [0, 0.1) is 0 Å². The highest BCUT2D eigenvalue weighted by molar-refractivity contribution is 7.94. The Balaban J connectivity index is 1.79. The van der Waals surface area contributed by atoms with Crippen molar-refractivity contribution in [1.29, 1.82) is 0 Å². The number of benzene rings is 4. The molecular formula is C28H24N8O14S5. The van der Waals surface area contributed by atoms with Gasteiger partial charge in [-0.3, -0.25) is 13.7 Å². The number of azo groups is 3. The molecule has 4 aromatic carbocycles. The number of nitrogen functional groups attached to an aromatic ring is 2. The number of rotatable bonds is 14. The third-order valence-corrected chi connectivity index (χ3v) is 11.5. The number of nitrogens with zero attached hydrogens (tertiary/aromatic N) is 6. The van der Waals surface area contributed by atoms with Gasteiger partial charge in [0.05, 0.1) is 37.9 Å². The molecule has 0 aliphatic rings. The Labute approximate surface area is 312 Å². The molecule has 0 aliphatic carbocycles. The minimum Gasteiger partial charge on any atom is -0.398 e. The summed E-state index contributed by atoms with van der Waals surface area (Å²) < 4.78 is 150. The summed E-state index contributed by atoms with van der Waals surface area (Å²) in [7, 11) is -23.2. The number of nitrogens with two attached hydrogens (primary N) is 2. The second-order valence-electron chi connectivity index (χ2n) is 10.3. The second-order valence-corrected chi connectivity index (χ2v) is 17.8. The zero-order valence-electron chi connectivity index (χ0n) is 27.1. The quantitative estimate of drug-likeness (QED) is 0.0447. The van der Waals surface area contributed by atoms with Crippen LogP contribution in [0.1, 0.15) is 0 Å². The highest BCUT2D eigenvalue weighted by Crippen LogP contribution is 2.39. The molecule has 27 heteroatoms. The molecule has 0 amide bonds. The van der Waals surface area contributed by atoms with Gasteiger partial charge in [-0.25, -0.2) is 16.8 Å². The van der Waals surface area contributed by atoms with Gasteiger partial charge in [-0.1, -0.05) is 6.58 Å². The van der Waals surface area contributed by atoms with Gasteiger partial charge < -0.3 is 15.7 Å². The van der Waals surface area contributed by atoms with Crippen molar-refractivity contribution < 1.29 is 59.9 Å². The molecule has 0 fully saturated rings. The van der Waals surface area contributed by atoms with Gasteiger partial charge in [0.2, 0.25) is 19.7 Å². The number of anilines is 2. The van der Waals surface area contributed by atoms with Crippen LogP contribution in [-0.2, 0) is 54.5 Å². The fraction of sp³-hybridized carbons (Fsp3) is 0. The Kier molecular flexibility index (Phi) is 12.1.